The number of rotatable bonds is 7. The van der Waals surface area contributed by atoms with Crippen LogP contribution in [0.2, 0.25) is 10.0 Å². The fourth-order valence-electron chi connectivity index (χ4n) is 1.33. The highest BCUT2D eigenvalue weighted by Crippen LogP contribution is 2.24. The molecule has 4 nitrogen and oxygen atoms in total. The van der Waals surface area contributed by atoms with Crippen LogP contribution in [0.4, 0.5) is 5.69 Å². The van der Waals surface area contributed by atoms with Crippen molar-refractivity contribution < 1.29 is 9.47 Å². The smallest absolute Gasteiger partial charge is 0.223 e. The molecule has 0 aliphatic carbocycles. The van der Waals surface area contributed by atoms with Gasteiger partial charge in [-0.05, 0) is 18.2 Å². The van der Waals surface area contributed by atoms with Crippen molar-refractivity contribution in [1.29, 1.82) is 0 Å². The minimum atomic E-state index is -0.765. The Hall–Kier alpha value is -0.520. The van der Waals surface area contributed by atoms with E-state index in [1.807, 2.05) is 13.0 Å². The van der Waals surface area contributed by atoms with E-state index in [0.29, 0.717) is 23.1 Å². The molecular weight excluding hydrogens is 275 g/mol. The van der Waals surface area contributed by atoms with Crippen LogP contribution in [0.3, 0.4) is 0 Å². The summed E-state index contributed by atoms with van der Waals surface area (Å²) in [5, 5.41) is 7.43. The van der Waals surface area contributed by atoms with Gasteiger partial charge >= 0.3 is 0 Å². The van der Waals surface area contributed by atoms with E-state index in [1.54, 1.807) is 26.4 Å². The Balaban J connectivity index is 2.36. The molecule has 0 radical (unpaired) electrons. The zero-order valence-electron chi connectivity index (χ0n) is 10.7. The second kappa shape index (κ2) is 7.16. The van der Waals surface area contributed by atoms with Gasteiger partial charge in [-0.1, -0.05) is 23.2 Å². The molecule has 0 aliphatic rings. The van der Waals surface area contributed by atoms with Gasteiger partial charge in [0.05, 0.1) is 10.0 Å². The van der Waals surface area contributed by atoms with Gasteiger partial charge in [0, 0.05) is 39.9 Å². The van der Waals surface area contributed by atoms with Crippen LogP contribution >= 0.6 is 23.2 Å². The van der Waals surface area contributed by atoms with Gasteiger partial charge in [-0.2, -0.15) is 0 Å². The third-order valence-electron chi connectivity index (χ3n) is 2.60. The Kier molecular flexibility index (Phi) is 6.18. The standard InChI is InChI=1S/C12H18Cl2N2O2/c1-12(17-2,18-3)16-7-6-15-9-4-5-10(13)11(14)8-9/h4-5,8,15-16H,6-7H2,1-3H3. The highest BCUT2D eigenvalue weighted by Gasteiger charge is 2.20. The quantitative estimate of drug-likeness (QED) is 0.599. The lowest BCUT2D eigenvalue weighted by molar-refractivity contribution is -0.213. The number of anilines is 1. The number of hydrogen-bond acceptors (Lipinski definition) is 4. The number of ether oxygens (including phenoxy) is 2. The van der Waals surface area contributed by atoms with E-state index < -0.39 is 5.91 Å². The lowest BCUT2D eigenvalue weighted by Crippen LogP contribution is -2.47. The van der Waals surface area contributed by atoms with Crippen molar-refractivity contribution in [1.82, 2.24) is 5.32 Å². The maximum absolute atomic E-state index is 5.92. The molecule has 0 bridgehead atoms. The Morgan fingerprint density at radius 2 is 1.78 bits per heavy atom. The first kappa shape index (κ1) is 15.5. The zero-order chi connectivity index (χ0) is 13.6. The van der Waals surface area contributed by atoms with Gasteiger partial charge in [0.25, 0.3) is 0 Å². The van der Waals surface area contributed by atoms with E-state index in [9.17, 15) is 0 Å². The summed E-state index contributed by atoms with van der Waals surface area (Å²) >= 11 is 11.8. The number of halogens is 2. The fourth-order valence-corrected chi connectivity index (χ4v) is 1.63. The highest BCUT2D eigenvalue weighted by molar-refractivity contribution is 6.42. The van der Waals surface area contributed by atoms with Crippen molar-refractivity contribution in [3.05, 3.63) is 28.2 Å². The summed E-state index contributed by atoms with van der Waals surface area (Å²) in [6, 6.07) is 5.42. The highest BCUT2D eigenvalue weighted by atomic mass is 35.5. The van der Waals surface area contributed by atoms with Crippen LogP contribution in [0.25, 0.3) is 0 Å². The molecule has 0 unspecified atom stereocenters. The molecule has 2 N–H and O–H groups in total. The summed E-state index contributed by atoms with van der Waals surface area (Å²) < 4.78 is 10.3. The van der Waals surface area contributed by atoms with E-state index in [0.717, 1.165) is 5.69 Å². The average Bonchev–Trinajstić information content (AvgIpc) is 2.38. The molecule has 0 saturated heterocycles. The molecule has 0 amide bonds. The van der Waals surface area contributed by atoms with Gasteiger partial charge in [-0.15, -0.1) is 0 Å². The normalized spacial score (nSPS) is 11.6. The second-order valence-corrected chi connectivity index (χ2v) is 4.65. The van der Waals surface area contributed by atoms with Crippen molar-refractivity contribution >= 4 is 28.9 Å². The molecule has 1 aromatic rings. The number of benzene rings is 1. The first-order valence-electron chi connectivity index (χ1n) is 5.55. The molecule has 102 valence electrons. The van der Waals surface area contributed by atoms with Gasteiger partial charge in [0.15, 0.2) is 0 Å². The molecule has 0 heterocycles. The van der Waals surface area contributed by atoms with Crippen LogP contribution in [0.15, 0.2) is 18.2 Å². The van der Waals surface area contributed by atoms with E-state index in [-0.39, 0.29) is 0 Å². The van der Waals surface area contributed by atoms with Gasteiger partial charge in [-0.25, -0.2) is 0 Å². The minimum Gasteiger partial charge on any atom is -0.384 e. The molecule has 1 rings (SSSR count). The van der Waals surface area contributed by atoms with Crippen molar-refractivity contribution in [3.63, 3.8) is 0 Å². The summed E-state index contributed by atoms with van der Waals surface area (Å²) in [6.45, 7) is 3.20. The molecule has 6 heteroatoms. The van der Waals surface area contributed by atoms with Crippen molar-refractivity contribution in [2.75, 3.05) is 32.6 Å². The van der Waals surface area contributed by atoms with Crippen LogP contribution in [0.5, 0.6) is 0 Å². The molecular formula is C12H18Cl2N2O2. The van der Waals surface area contributed by atoms with Crippen LogP contribution in [-0.4, -0.2) is 33.2 Å². The van der Waals surface area contributed by atoms with E-state index in [1.165, 1.54) is 0 Å². The SMILES string of the molecule is COC(C)(NCCNc1ccc(Cl)c(Cl)c1)OC. The molecule has 18 heavy (non-hydrogen) atoms. The van der Waals surface area contributed by atoms with Gasteiger partial charge in [0.1, 0.15) is 0 Å². The predicted molar refractivity (Wildman–Crippen MR) is 75.4 cm³/mol. The topological polar surface area (TPSA) is 42.5 Å². The second-order valence-electron chi connectivity index (χ2n) is 3.84. The minimum absolute atomic E-state index is 0.535. The molecule has 0 atom stereocenters. The van der Waals surface area contributed by atoms with Crippen LogP contribution in [0, 0.1) is 0 Å². The van der Waals surface area contributed by atoms with E-state index in [4.69, 9.17) is 32.7 Å². The summed E-state index contributed by atoms with van der Waals surface area (Å²) in [5.74, 6) is -0.765. The fraction of sp³-hybridized carbons (Fsp3) is 0.500. The van der Waals surface area contributed by atoms with Crippen molar-refractivity contribution in [3.8, 4) is 0 Å². The maximum Gasteiger partial charge on any atom is 0.223 e. The van der Waals surface area contributed by atoms with E-state index >= 15 is 0 Å². The Labute approximate surface area is 118 Å². The first-order chi connectivity index (χ1) is 8.50. The van der Waals surface area contributed by atoms with Gasteiger partial charge in [-0.3, -0.25) is 5.32 Å². The molecule has 0 saturated carbocycles. The van der Waals surface area contributed by atoms with E-state index in [2.05, 4.69) is 10.6 Å². The lowest BCUT2D eigenvalue weighted by atomic mass is 10.3. The summed E-state index contributed by atoms with van der Waals surface area (Å²) in [4.78, 5) is 0. The molecule has 0 fully saturated rings. The lowest BCUT2D eigenvalue weighted by Gasteiger charge is -2.27. The first-order valence-corrected chi connectivity index (χ1v) is 6.30. The van der Waals surface area contributed by atoms with Crippen molar-refractivity contribution in [2.45, 2.75) is 12.8 Å². The van der Waals surface area contributed by atoms with Crippen LogP contribution < -0.4 is 10.6 Å². The van der Waals surface area contributed by atoms with Crippen LogP contribution in [-0.2, 0) is 9.47 Å². The summed E-state index contributed by atoms with van der Waals surface area (Å²) in [6.07, 6.45) is 0. The average molecular weight is 293 g/mol. The number of hydrogen-bond donors (Lipinski definition) is 2. The molecule has 0 aliphatic heterocycles. The third-order valence-corrected chi connectivity index (χ3v) is 3.34. The molecule has 1 aromatic carbocycles. The Bertz CT molecular complexity index is 384. The largest absolute Gasteiger partial charge is 0.384 e. The summed E-state index contributed by atoms with van der Waals surface area (Å²) in [5.41, 5.74) is 0.919. The van der Waals surface area contributed by atoms with Crippen molar-refractivity contribution in [2.24, 2.45) is 0 Å². The third kappa shape index (κ3) is 4.63. The summed E-state index contributed by atoms with van der Waals surface area (Å²) in [7, 11) is 3.17. The molecule has 0 spiro atoms. The number of methoxy groups -OCH3 is 2. The monoisotopic (exact) mass is 292 g/mol. The predicted octanol–water partition coefficient (Wildman–Crippen LogP) is 2.96. The number of nitrogens with one attached hydrogen (secondary N) is 2. The molecule has 0 aromatic heterocycles. The Morgan fingerprint density at radius 3 is 2.33 bits per heavy atom. The van der Waals surface area contributed by atoms with Gasteiger partial charge in [0.2, 0.25) is 5.91 Å². The maximum atomic E-state index is 5.92. The zero-order valence-corrected chi connectivity index (χ0v) is 12.2. The van der Waals surface area contributed by atoms with Gasteiger partial charge < -0.3 is 14.8 Å². The van der Waals surface area contributed by atoms with Crippen LogP contribution in [0.1, 0.15) is 6.92 Å². The Morgan fingerprint density at radius 1 is 1.11 bits per heavy atom.